The standard InChI is InChI=1S/C11H12Br/c12-11-7-5-10(6-8-11)4-3-9-1-2-9/h5-8H,1-4H2. The SMILES string of the molecule is Brc1ccc(CC[C]2CC2)cc1. The first kappa shape index (κ1) is 8.31. The molecular formula is C11H12Br. The molecule has 1 aliphatic rings. The molecule has 0 bridgehead atoms. The van der Waals surface area contributed by atoms with Gasteiger partial charge in [0.1, 0.15) is 0 Å². The van der Waals surface area contributed by atoms with Crippen molar-refractivity contribution in [3.8, 4) is 0 Å². The molecule has 0 nitrogen and oxygen atoms in total. The molecule has 1 aromatic carbocycles. The number of halogens is 1. The highest BCUT2D eigenvalue weighted by Crippen LogP contribution is 2.36. The van der Waals surface area contributed by atoms with Gasteiger partial charge in [0.15, 0.2) is 0 Å². The van der Waals surface area contributed by atoms with Gasteiger partial charge in [0.2, 0.25) is 0 Å². The van der Waals surface area contributed by atoms with E-state index in [1.54, 1.807) is 5.92 Å². The summed E-state index contributed by atoms with van der Waals surface area (Å²) in [6.07, 6.45) is 5.30. The highest BCUT2D eigenvalue weighted by Gasteiger charge is 2.20. The summed E-state index contributed by atoms with van der Waals surface area (Å²) in [7, 11) is 0. The molecule has 0 unspecified atom stereocenters. The van der Waals surface area contributed by atoms with Crippen LogP contribution in [0.1, 0.15) is 24.8 Å². The molecule has 0 amide bonds. The van der Waals surface area contributed by atoms with Crippen molar-refractivity contribution in [1.82, 2.24) is 0 Å². The van der Waals surface area contributed by atoms with E-state index in [0.717, 1.165) is 0 Å². The lowest BCUT2D eigenvalue weighted by atomic mass is 10.1. The highest BCUT2D eigenvalue weighted by molar-refractivity contribution is 9.10. The fourth-order valence-corrected chi connectivity index (χ4v) is 1.57. The number of hydrogen-bond donors (Lipinski definition) is 0. The molecule has 1 saturated carbocycles. The predicted octanol–water partition coefficient (Wildman–Crippen LogP) is 3.75. The van der Waals surface area contributed by atoms with Crippen molar-refractivity contribution < 1.29 is 0 Å². The van der Waals surface area contributed by atoms with Crippen molar-refractivity contribution in [2.75, 3.05) is 0 Å². The van der Waals surface area contributed by atoms with E-state index in [1.807, 2.05) is 0 Å². The average molecular weight is 224 g/mol. The third-order valence-electron chi connectivity index (χ3n) is 2.28. The molecule has 0 heterocycles. The van der Waals surface area contributed by atoms with Gasteiger partial charge >= 0.3 is 0 Å². The van der Waals surface area contributed by atoms with Gasteiger partial charge in [0, 0.05) is 4.47 Å². The zero-order chi connectivity index (χ0) is 8.39. The van der Waals surface area contributed by atoms with E-state index in [1.165, 1.54) is 35.7 Å². The largest absolute Gasteiger partial charge is 0.0579 e. The fraction of sp³-hybridized carbons (Fsp3) is 0.364. The zero-order valence-electron chi connectivity index (χ0n) is 7.02. The molecule has 1 radical (unpaired) electrons. The summed E-state index contributed by atoms with van der Waals surface area (Å²) in [5, 5.41) is 0. The second-order valence-electron chi connectivity index (χ2n) is 3.38. The van der Waals surface area contributed by atoms with Crippen molar-refractivity contribution in [2.45, 2.75) is 25.7 Å². The monoisotopic (exact) mass is 223 g/mol. The van der Waals surface area contributed by atoms with Crippen LogP contribution in [0.4, 0.5) is 0 Å². The summed E-state index contributed by atoms with van der Waals surface area (Å²) < 4.78 is 1.17. The van der Waals surface area contributed by atoms with Crippen LogP contribution in [-0.4, -0.2) is 0 Å². The average Bonchev–Trinajstić information content (AvgIpc) is 2.87. The molecule has 0 aromatic heterocycles. The summed E-state index contributed by atoms with van der Waals surface area (Å²) in [5.41, 5.74) is 1.46. The van der Waals surface area contributed by atoms with E-state index in [0.29, 0.717) is 0 Å². The van der Waals surface area contributed by atoms with Crippen LogP contribution in [0.15, 0.2) is 28.7 Å². The van der Waals surface area contributed by atoms with Crippen LogP contribution in [0.2, 0.25) is 0 Å². The Balaban J connectivity index is 1.89. The van der Waals surface area contributed by atoms with Crippen LogP contribution in [-0.2, 0) is 6.42 Å². The predicted molar refractivity (Wildman–Crippen MR) is 54.9 cm³/mol. The Morgan fingerprint density at radius 1 is 1.00 bits per heavy atom. The Bertz CT molecular complexity index is 246. The Kier molecular flexibility index (Phi) is 2.50. The second-order valence-corrected chi connectivity index (χ2v) is 4.29. The molecule has 2 rings (SSSR count). The lowest BCUT2D eigenvalue weighted by Gasteiger charge is -1.99. The first-order valence-corrected chi connectivity index (χ1v) is 5.22. The second kappa shape index (κ2) is 3.61. The van der Waals surface area contributed by atoms with Crippen LogP contribution in [0.5, 0.6) is 0 Å². The van der Waals surface area contributed by atoms with E-state index < -0.39 is 0 Å². The number of aryl methyl sites for hydroxylation is 1. The zero-order valence-corrected chi connectivity index (χ0v) is 8.60. The van der Waals surface area contributed by atoms with Gasteiger partial charge < -0.3 is 0 Å². The Morgan fingerprint density at radius 3 is 2.25 bits per heavy atom. The van der Waals surface area contributed by atoms with E-state index in [-0.39, 0.29) is 0 Å². The van der Waals surface area contributed by atoms with Crippen molar-refractivity contribution >= 4 is 15.9 Å². The summed E-state index contributed by atoms with van der Waals surface area (Å²) in [6.45, 7) is 0. The van der Waals surface area contributed by atoms with Gasteiger partial charge in [0.05, 0.1) is 0 Å². The number of hydrogen-bond acceptors (Lipinski definition) is 0. The fourth-order valence-electron chi connectivity index (χ4n) is 1.31. The van der Waals surface area contributed by atoms with Crippen molar-refractivity contribution in [1.29, 1.82) is 0 Å². The summed E-state index contributed by atoms with van der Waals surface area (Å²) in [5.74, 6) is 1.75. The molecule has 1 aliphatic carbocycles. The Labute approximate surface area is 82.1 Å². The third-order valence-corrected chi connectivity index (χ3v) is 2.81. The van der Waals surface area contributed by atoms with E-state index >= 15 is 0 Å². The van der Waals surface area contributed by atoms with E-state index in [2.05, 4.69) is 40.2 Å². The van der Waals surface area contributed by atoms with Crippen molar-refractivity contribution in [2.24, 2.45) is 0 Å². The van der Waals surface area contributed by atoms with Crippen LogP contribution in [0.25, 0.3) is 0 Å². The van der Waals surface area contributed by atoms with Gasteiger partial charge in [-0.15, -0.1) is 0 Å². The Hall–Kier alpha value is -0.300. The molecule has 1 heteroatoms. The molecule has 0 spiro atoms. The van der Waals surface area contributed by atoms with Crippen LogP contribution in [0.3, 0.4) is 0 Å². The summed E-state index contributed by atoms with van der Waals surface area (Å²) >= 11 is 3.43. The number of rotatable bonds is 3. The number of benzene rings is 1. The van der Waals surface area contributed by atoms with Crippen molar-refractivity contribution in [3.63, 3.8) is 0 Å². The summed E-state index contributed by atoms with van der Waals surface area (Å²) in [4.78, 5) is 0. The van der Waals surface area contributed by atoms with Crippen LogP contribution >= 0.6 is 15.9 Å². The molecular weight excluding hydrogens is 212 g/mol. The molecule has 1 aromatic rings. The summed E-state index contributed by atoms with van der Waals surface area (Å²) in [6, 6.07) is 8.64. The topological polar surface area (TPSA) is 0 Å². The molecule has 63 valence electrons. The quantitative estimate of drug-likeness (QED) is 0.733. The Morgan fingerprint density at radius 2 is 1.67 bits per heavy atom. The minimum atomic E-state index is 1.17. The first-order chi connectivity index (χ1) is 5.84. The van der Waals surface area contributed by atoms with Gasteiger partial charge in [-0.05, 0) is 49.3 Å². The molecule has 1 fully saturated rings. The van der Waals surface area contributed by atoms with Gasteiger partial charge in [-0.25, -0.2) is 0 Å². The van der Waals surface area contributed by atoms with Crippen LogP contribution in [0, 0.1) is 5.92 Å². The maximum absolute atomic E-state index is 3.43. The van der Waals surface area contributed by atoms with E-state index in [9.17, 15) is 0 Å². The van der Waals surface area contributed by atoms with Gasteiger partial charge in [-0.1, -0.05) is 28.1 Å². The minimum Gasteiger partial charge on any atom is -0.0579 e. The molecule has 0 atom stereocenters. The molecule has 0 saturated heterocycles. The van der Waals surface area contributed by atoms with Gasteiger partial charge in [-0.3, -0.25) is 0 Å². The van der Waals surface area contributed by atoms with Gasteiger partial charge in [-0.2, -0.15) is 0 Å². The minimum absolute atomic E-state index is 1.17. The smallest absolute Gasteiger partial charge is 0.0175 e. The first-order valence-electron chi connectivity index (χ1n) is 4.42. The maximum Gasteiger partial charge on any atom is 0.0175 e. The lowest BCUT2D eigenvalue weighted by molar-refractivity contribution is 0.916. The van der Waals surface area contributed by atoms with E-state index in [4.69, 9.17) is 0 Å². The molecule has 0 N–H and O–H groups in total. The highest BCUT2D eigenvalue weighted by atomic mass is 79.9. The van der Waals surface area contributed by atoms with Crippen LogP contribution < -0.4 is 0 Å². The maximum atomic E-state index is 3.43. The lowest BCUT2D eigenvalue weighted by Crippen LogP contribution is -1.84. The van der Waals surface area contributed by atoms with Crippen molar-refractivity contribution in [3.05, 3.63) is 40.2 Å². The molecule has 0 aliphatic heterocycles. The van der Waals surface area contributed by atoms with Gasteiger partial charge in [0.25, 0.3) is 0 Å². The third kappa shape index (κ3) is 2.34. The normalized spacial score (nSPS) is 16.4. The molecule has 12 heavy (non-hydrogen) atoms.